The molecule has 1 heterocycles. The van der Waals surface area contributed by atoms with Gasteiger partial charge in [0.15, 0.2) is 0 Å². The number of thioether (sulfide) groups is 1. The molecule has 2 atom stereocenters. The minimum atomic E-state index is -0.00521. The van der Waals surface area contributed by atoms with Crippen molar-refractivity contribution in [3.05, 3.63) is 33.8 Å². The molecule has 0 radical (unpaired) electrons. The van der Waals surface area contributed by atoms with Gasteiger partial charge in [0.1, 0.15) is 5.37 Å². The van der Waals surface area contributed by atoms with Gasteiger partial charge in [0.05, 0.1) is 10.0 Å². The molecule has 1 aliphatic rings. The summed E-state index contributed by atoms with van der Waals surface area (Å²) in [5.41, 5.74) is 0.954. The number of rotatable bonds is 6. The van der Waals surface area contributed by atoms with Gasteiger partial charge in [-0.1, -0.05) is 62.0 Å². The molecule has 1 saturated heterocycles. The second-order valence-corrected chi connectivity index (χ2v) is 7.62. The molecule has 1 aliphatic heterocycles. The van der Waals surface area contributed by atoms with Crippen LogP contribution in [0.4, 0.5) is 0 Å². The fourth-order valence-electron chi connectivity index (χ4n) is 2.85. The minimum Gasteiger partial charge on any atom is -0.325 e. The molecule has 122 valence electrons. The normalized spacial score (nSPS) is 19.5. The van der Waals surface area contributed by atoms with Crippen molar-refractivity contribution in [1.29, 1.82) is 0 Å². The van der Waals surface area contributed by atoms with Crippen molar-refractivity contribution in [2.45, 2.75) is 44.9 Å². The number of hydrogen-bond donors (Lipinski definition) is 0. The van der Waals surface area contributed by atoms with E-state index in [0.29, 0.717) is 10.0 Å². The number of nitrogens with zero attached hydrogens (tertiary/aromatic N) is 1. The summed E-state index contributed by atoms with van der Waals surface area (Å²) in [6.07, 6.45) is 4.11. The monoisotopic (exact) mass is 359 g/mol. The fourth-order valence-corrected chi connectivity index (χ4v) is 4.62. The molecule has 1 amide bonds. The second kappa shape index (κ2) is 8.47. The SMILES string of the molecule is CCCC[C@H](CC)C(=O)N1CCS[C@H]1c1cccc(Cl)c1Cl. The van der Waals surface area contributed by atoms with Crippen molar-refractivity contribution in [2.75, 3.05) is 12.3 Å². The van der Waals surface area contributed by atoms with Gasteiger partial charge < -0.3 is 4.90 Å². The highest BCUT2D eigenvalue weighted by atomic mass is 35.5. The average molecular weight is 360 g/mol. The van der Waals surface area contributed by atoms with Gasteiger partial charge in [0.25, 0.3) is 0 Å². The van der Waals surface area contributed by atoms with Crippen molar-refractivity contribution < 1.29 is 4.79 Å². The minimum absolute atomic E-state index is 0.00521. The van der Waals surface area contributed by atoms with Crippen molar-refractivity contribution in [2.24, 2.45) is 5.92 Å². The van der Waals surface area contributed by atoms with E-state index >= 15 is 0 Å². The summed E-state index contributed by atoms with van der Waals surface area (Å²) >= 11 is 14.3. The van der Waals surface area contributed by atoms with Gasteiger partial charge in [-0.2, -0.15) is 0 Å². The summed E-state index contributed by atoms with van der Waals surface area (Å²) in [6, 6.07) is 5.67. The molecule has 0 bridgehead atoms. The Morgan fingerprint density at radius 3 is 2.86 bits per heavy atom. The average Bonchev–Trinajstić information content (AvgIpc) is 2.99. The lowest BCUT2D eigenvalue weighted by Gasteiger charge is -2.28. The van der Waals surface area contributed by atoms with Gasteiger partial charge in [0, 0.05) is 23.8 Å². The van der Waals surface area contributed by atoms with Crippen LogP contribution in [0.15, 0.2) is 18.2 Å². The Hall–Kier alpha value is -0.380. The van der Waals surface area contributed by atoms with Crippen LogP contribution in [0.1, 0.15) is 50.5 Å². The van der Waals surface area contributed by atoms with E-state index in [2.05, 4.69) is 13.8 Å². The third-order valence-electron chi connectivity index (χ3n) is 4.17. The molecular weight excluding hydrogens is 337 g/mol. The van der Waals surface area contributed by atoms with Gasteiger partial charge in [-0.05, 0) is 18.9 Å². The Balaban J connectivity index is 2.19. The Morgan fingerprint density at radius 2 is 2.18 bits per heavy atom. The molecule has 0 unspecified atom stereocenters. The highest BCUT2D eigenvalue weighted by Gasteiger charge is 2.34. The third kappa shape index (κ3) is 3.93. The van der Waals surface area contributed by atoms with Crippen molar-refractivity contribution >= 4 is 40.9 Å². The van der Waals surface area contributed by atoms with Crippen LogP contribution in [0.3, 0.4) is 0 Å². The van der Waals surface area contributed by atoms with Gasteiger partial charge in [-0.3, -0.25) is 4.79 Å². The summed E-state index contributed by atoms with van der Waals surface area (Å²) in [7, 11) is 0. The summed E-state index contributed by atoms with van der Waals surface area (Å²) < 4.78 is 0. The number of benzene rings is 1. The molecule has 5 heteroatoms. The van der Waals surface area contributed by atoms with Crippen LogP contribution in [-0.2, 0) is 4.79 Å². The zero-order valence-corrected chi connectivity index (χ0v) is 15.5. The van der Waals surface area contributed by atoms with Gasteiger partial charge in [-0.25, -0.2) is 0 Å². The Morgan fingerprint density at radius 1 is 1.41 bits per heavy atom. The first-order chi connectivity index (χ1) is 10.6. The lowest BCUT2D eigenvalue weighted by Crippen LogP contribution is -2.35. The first kappa shape index (κ1) is 18.0. The third-order valence-corrected chi connectivity index (χ3v) is 6.25. The quantitative estimate of drug-likeness (QED) is 0.640. The van der Waals surface area contributed by atoms with Crippen molar-refractivity contribution in [1.82, 2.24) is 4.90 Å². The number of unbranched alkanes of at least 4 members (excludes halogenated alkanes) is 1. The highest BCUT2D eigenvalue weighted by Crippen LogP contribution is 2.43. The fraction of sp³-hybridized carbons (Fsp3) is 0.588. The van der Waals surface area contributed by atoms with E-state index in [0.717, 1.165) is 43.5 Å². The zero-order chi connectivity index (χ0) is 16.1. The molecule has 22 heavy (non-hydrogen) atoms. The van der Waals surface area contributed by atoms with E-state index < -0.39 is 0 Å². The van der Waals surface area contributed by atoms with Crippen LogP contribution in [-0.4, -0.2) is 23.1 Å². The number of carbonyl (C=O) groups is 1. The smallest absolute Gasteiger partial charge is 0.226 e. The number of hydrogen-bond acceptors (Lipinski definition) is 2. The first-order valence-electron chi connectivity index (χ1n) is 7.96. The van der Waals surface area contributed by atoms with Crippen molar-refractivity contribution in [3.8, 4) is 0 Å². The van der Waals surface area contributed by atoms with E-state index in [9.17, 15) is 4.79 Å². The molecule has 2 rings (SSSR count). The Kier molecular flexibility index (Phi) is 6.91. The standard InChI is InChI=1S/C17H23Cl2NOS/c1-3-5-7-12(4-2)16(21)20-10-11-22-17(20)13-8-6-9-14(18)15(13)19/h6,8-9,12,17H,3-5,7,10-11H2,1-2H3/t12-,17-/m0/s1. The van der Waals surface area contributed by atoms with Crippen LogP contribution in [0, 0.1) is 5.92 Å². The number of amides is 1. The molecule has 0 aromatic heterocycles. The van der Waals surface area contributed by atoms with E-state index in [-0.39, 0.29) is 17.2 Å². The van der Waals surface area contributed by atoms with Crippen LogP contribution < -0.4 is 0 Å². The lowest BCUT2D eigenvalue weighted by molar-refractivity contribution is -0.136. The van der Waals surface area contributed by atoms with Gasteiger partial charge in [-0.15, -0.1) is 11.8 Å². The summed E-state index contributed by atoms with van der Waals surface area (Å²) in [5, 5.41) is 1.12. The van der Waals surface area contributed by atoms with Crippen molar-refractivity contribution in [3.63, 3.8) is 0 Å². The summed E-state index contributed by atoms with van der Waals surface area (Å²) in [4.78, 5) is 14.9. The molecule has 1 aromatic rings. The van der Waals surface area contributed by atoms with E-state index in [1.165, 1.54) is 0 Å². The Bertz CT molecular complexity index is 523. The largest absolute Gasteiger partial charge is 0.325 e. The summed E-state index contributed by atoms with van der Waals surface area (Å²) in [6.45, 7) is 5.06. The molecule has 0 N–H and O–H groups in total. The molecule has 0 saturated carbocycles. The van der Waals surface area contributed by atoms with E-state index in [1.807, 2.05) is 17.0 Å². The van der Waals surface area contributed by atoms with Gasteiger partial charge >= 0.3 is 0 Å². The maximum Gasteiger partial charge on any atom is 0.226 e. The Labute approximate surface area is 147 Å². The molecule has 1 fully saturated rings. The summed E-state index contributed by atoms with van der Waals surface area (Å²) in [5.74, 6) is 1.34. The lowest BCUT2D eigenvalue weighted by atomic mass is 9.97. The maximum absolute atomic E-state index is 12.9. The predicted octanol–water partition coefficient (Wildman–Crippen LogP) is 5.78. The predicted molar refractivity (Wildman–Crippen MR) is 96.7 cm³/mol. The van der Waals surface area contributed by atoms with Crippen LogP contribution in [0.25, 0.3) is 0 Å². The molecule has 1 aromatic carbocycles. The molecule has 2 nitrogen and oxygen atoms in total. The molecular formula is C17H23Cl2NOS. The topological polar surface area (TPSA) is 20.3 Å². The number of halogens is 2. The first-order valence-corrected chi connectivity index (χ1v) is 9.76. The van der Waals surface area contributed by atoms with E-state index in [1.54, 1.807) is 17.8 Å². The maximum atomic E-state index is 12.9. The second-order valence-electron chi connectivity index (χ2n) is 5.65. The molecule has 0 aliphatic carbocycles. The molecule has 0 spiro atoms. The zero-order valence-electron chi connectivity index (χ0n) is 13.1. The van der Waals surface area contributed by atoms with E-state index in [4.69, 9.17) is 23.2 Å². The van der Waals surface area contributed by atoms with Crippen LogP contribution in [0.5, 0.6) is 0 Å². The van der Waals surface area contributed by atoms with Crippen LogP contribution >= 0.6 is 35.0 Å². The number of carbonyl (C=O) groups excluding carboxylic acids is 1. The van der Waals surface area contributed by atoms with Crippen LogP contribution in [0.2, 0.25) is 10.0 Å². The van der Waals surface area contributed by atoms with Gasteiger partial charge in [0.2, 0.25) is 5.91 Å². The highest BCUT2D eigenvalue weighted by molar-refractivity contribution is 7.99.